The lowest BCUT2D eigenvalue weighted by Gasteiger charge is -2.20. The SMILES string of the molecule is CN=C(NCCNC(=O)OC(C)(C)C)NCCn1c(C)nc2ccccc21. The molecule has 0 unspecified atom stereocenters. The zero-order valence-corrected chi connectivity index (χ0v) is 16.8. The second-order valence-corrected chi connectivity index (χ2v) is 7.15. The molecule has 0 radical (unpaired) electrons. The van der Waals surface area contributed by atoms with E-state index in [1.807, 2.05) is 45.9 Å². The van der Waals surface area contributed by atoms with Gasteiger partial charge in [0.05, 0.1) is 11.0 Å². The maximum Gasteiger partial charge on any atom is 0.407 e. The van der Waals surface area contributed by atoms with Crippen LogP contribution in [0.25, 0.3) is 11.0 Å². The lowest BCUT2D eigenvalue weighted by molar-refractivity contribution is 0.0529. The maximum absolute atomic E-state index is 11.6. The standard InChI is InChI=1S/C19H30N6O2/c1-14-24-15-8-6-7-9-16(15)25(14)13-12-22-17(20-5)21-10-11-23-18(26)27-19(2,3)4/h6-9H,10-13H2,1-5H3,(H,23,26)(H2,20,21,22). The van der Waals surface area contributed by atoms with E-state index in [2.05, 4.69) is 36.6 Å². The number of nitrogens with zero attached hydrogens (tertiary/aromatic N) is 3. The zero-order chi connectivity index (χ0) is 19.9. The van der Waals surface area contributed by atoms with Crippen molar-refractivity contribution in [2.24, 2.45) is 4.99 Å². The van der Waals surface area contributed by atoms with Crippen LogP contribution in [-0.2, 0) is 11.3 Å². The monoisotopic (exact) mass is 374 g/mol. The number of rotatable bonds is 6. The summed E-state index contributed by atoms with van der Waals surface area (Å²) in [5.41, 5.74) is 1.64. The third-order valence-corrected chi connectivity index (χ3v) is 3.78. The molecule has 0 spiro atoms. The smallest absolute Gasteiger partial charge is 0.407 e. The molecule has 2 aromatic rings. The Morgan fingerprint density at radius 2 is 1.81 bits per heavy atom. The number of hydrogen-bond donors (Lipinski definition) is 3. The van der Waals surface area contributed by atoms with E-state index in [0.717, 1.165) is 23.4 Å². The summed E-state index contributed by atoms with van der Waals surface area (Å²) in [6, 6.07) is 8.11. The molecular formula is C19H30N6O2. The van der Waals surface area contributed by atoms with Crippen molar-refractivity contribution in [1.29, 1.82) is 0 Å². The number of aromatic nitrogens is 2. The van der Waals surface area contributed by atoms with Gasteiger partial charge in [0, 0.05) is 33.2 Å². The fraction of sp³-hybridized carbons (Fsp3) is 0.526. The summed E-state index contributed by atoms with van der Waals surface area (Å²) in [4.78, 5) is 20.4. The highest BCUT2D eigenvalue weighted by molar-refractivity contribution is 5.79. The van der Waals surface area contributed by atoms with Crippen molar-refractivity contribution < 1.29 is 9.53 Å². The molecule has 8 heteroatoms. The molecule has 3 N–H and O–H groups in total. The summed E-state index contributed by atoms with van der Waals surface area (Å²) in [7, 11) is 1.72. The van der Waals surface area contributed by atoms with Crippen LogP contribution in [0, 0.1) is 6.92 Å². The van der Waals surface area contributed by atoms with Crippen molar-refractivity contribution in [3.05, 3.63) is 30.1 Å². The largest absolute Gasteiger partial charge is 0.444 e. The molecule has 0 atom stereocenters. The lowest BCUT2D eigenvalue weighted by atomic mass is 10.2. The number of aryl methyl sites for hydroxylation is 1. The minimum Gasteiger partial charge on any atom is -0.444 e. The van der Waals surface area contributed by atoms with Crippen molar-refractivity contribution >= 4 is 23.1 Å². The number of guanidine groups is 1. The van der Waals surface area contributed by atoms with Crippen LogP contribution in [-0.4, -0.2) is 53.9 Å². The highest BCUT2D eigenvalue weighted by atomic mass is 16.6. The van der Waals surface area contributed by atoms with Gasteiger partial charge in [-0.1, -0.05) is 12.1 Å². The lowest BCUT2D eigenvalue weighted by Crippen LogP contribution is -2.43. The molecule has 0 aliphatic carbocycles. The van der Waals surface area contributed by atoms with Crippen molar-refractivity contribution in [3.8, 4) is 0 Å². The number of aliphatic imine (C=N–C) groups is 1. The highest BCUT2D eigenvalue weighted by Crippen LogP contribution is 2.14. The summed E-state index contributed by atoms with van der Waals surface area (Å²) in [5.74, 6) is 1.67. The number of carbonyl (C=O) groups excluding carboxylic acids is 1. The molecular weight excluding hydrogens is 344 g/mol. The van der Waals surface area contributed by atoms with Crippen molar-refractivity contribution in [1.82, 2.24) is 25.5 Å². The van der Waals surface area contributed by atoms with Gasteiger partial charge in [-0.25, -0.2) is 9.78 Å². The number of hydrogen-bond acceptors (Lipinski definition) is 4. The van der Waals surface area contributed by atoms with E-state index in [0.29, 0.717) is 25.6 Å². The topological polar surface area (TPSA) is 92.6 Å². The van der Waals surface area contributed by atoms with Crippen LogP contribution < -0.4 is 16.0 Å². The van der Waals surface area contributed by atoms with Gasteiger partial charge in [0.2, 0.25) is 0 Å². The molecule has 2 rings (SSSR count). The first-order chi connectivity index (χ1) is 12.8. The quantitative estimate of drug-likeness (QED) is 0.409. The van der Waals surface area contributed by atoms with Gasteiger partial charge >= 0.3 is 6.09 Å². The molecule has 1 amide bonds. The van der Waals surface area contributed by atoms with E-state index in [-0.39, 0.29) is 0 Å². The highest BCUT2D eigenvalue weighted by Gasteiger charge is 2.15. The number of alkyl carbamates (subject to hydrolysis) is 1. The van der Waals surface area contributed by atoms with Crippen LogP contribution in [0.2, 0.25) is 0 Å². The maximum atomic E-state index is 11.6. The summed E-state index contributed by atoms with van der Waals surface area (Å²) < 4.78 is 7.37. The number of carbonyl (C=O) groups is 1. The van der Waals surface area contributed by atoms with Crippen LogP contribution in [0.5, 0.6) is 0 Å². The van der Waals surface area contributed by atoms with E-state index in [1.165, 1.54) is 0 Å². The number of para-hydroxylation sites is 2. The first kappa shape index (κ1) is 20.5. The van der Waals surface area contributed by atoms with Gasteiger partial charge < -0.3 is 25.3 Å². The molecule has 0 saturated carbocycles. The van der Waals surface area contributed by atoms with E-state index in [1.54, 1.807) is 7.05 Å². The van der Waals surface area contributed by atoms with Crippen LogP contribution in [0.1, 0.15) is 26.6 Å². The van der Waals surface area contributed by atoms with E-state index >= 15 is 0 Å². The van der Waals surface area contributed by atoms with Crippen molar-refractivity contribution in [3.63, 3.8) is 0 Å². The van der Waals surface area contributed by atoms with E-state index < -0.39 is 11.7 Å². The fourth-order valence-corrected chi connectivity index (χ4v) is 2.64. The average Bonchev–Trinajstić information content (AvgIpc) is 2.91. The van der Waals surface area contributed by atoms with Gasteiger partial charge in [0.15, 0.2) is 5.96 Å². The van der Waals surface area contributed by atoms with Crippen LogP contribution in [0.4, 0.5) is 4.79 Å². The number of amides is 1. The van der Waals surface area contributed by atoms with E-state index in [4.69, 9.17) is 4.74 Å². The molecule has 1 aromatic carbocycles. The van der Waals surface area contributed by atoms with Crippen molar-refractivity contribution in [2.75, 3.05) is 26.7 Å². The third kappa shape index (κ3) is 6.47. The Morgan fingerprint density at radius 3 is 2.52 bits per heavy atom. The summed E-state index contributed by atoms with van der Waals surface area (Å²) in [6.45, 7) is 10.00. The number of nitrogens with one attached hydrogen (secondary N) is 3. The van der Waals surface area contributed by atoms with Crippen LogP contribution in [0.3, 0.4) is 0 Å². The van der Waals surface area contributed by atoms with Crippen LogP contribution >= 0.6 is 0 Å². The van der Waals surface area contributed by atoms with E-state index in [9.17, 15) is 4.79 Å². The first-order valence-corrected chi connectivity index (χ1v) is 9.13. The van der Waals surface area contributed by atoms with Gasteiger partial charge in [0.1, 0.15) is 11.4 Å². The predicted octanol–water partition coefficient (Wildman–Crippen LogP) is 2.03. The second-order valence-electron chi connectivity index (χ2n) is 7.15. The molecule has 0 aliphatic rings. The van der Waals surface area contributed by atoms with Gasteiger partial charge in [0.25, 0.3) is 0 Å². The summed E-state index contributed by atoms with van der Waals surface area (Å²) >= 11 is 0. The summed E-state index contributed by atoms with van der Waals surface area (Å²) in [5, 5.41) is 9.14. The zero-order valence-electron chi connectivity index (χ0n) is 16.8. The molecule has 1 aromatic heterocycles. The Labute approximate surface area is 160 Å². The number of imidazole rings is 1. The number of ether oxygens (including phenoxy) is 1. The Kier molecular flexibility index (Phi) is 7.04. The van der Waals surface area contributed by atoms with Gasteiger partial charge in [-0.05, 0) is 39.8 Å². The Bertz CT molecular complexity index is 791. The van der Waals surface area contributed by atoms with Crippen LogP contribution in [0.15, 0.2) is 29.3 Å². The molecule has 0 bridgehead atoms. The molecule has 8 nitrogen and oxygen atoms in total. The first-order valence-electron chi connectivity index (χ1n) is 9.13. The van der Waals surface area contributed by atoms with Gasteiger partial charge in [-0.3, -0.25) is 4.99 Å². The molecule has 0 fully saturated rings. The molecule has 1 heterocycles. The molecule has 0 aliphatic heterocycles. The summed E-state index contributed by atoms with van der Waals surface area (Å²) in [6.07, 6.45) is -0.422. The predicted molar refractivity (Wildman–Crippen MR) is 108 cm³/mol. The molecule has 27 heavy (non-hydrogen) atoms. The average molecular weight is 374 g/mol. The number of benzene rings is 1. The van der Waals surface area contributed by atoms with Crippen molar-refractivity contribution in [2.45, 2.75) is 39.8 Å². The number of fused-ring (bicyclic) bond motifs is 1. The minimum absolute atomic E-state index is 0.422. The Balaban J connectivity index is 1.73. The fourth-order valence-electron chi connectivity index (χ4n) is 2.64. The molecule has 148 valence electrons. The molecule has 0 saturated heterocycles. The Hall–Kier alpha value is -2.77. The minimum atomic E-state index is -0.495. The van der Waals surface area contributed by atoms with Gasteiger partial charge in [-0.15, -0.1) is 0 Å². The Morgan fingerprint density at radius 1 is 1.15 bits per heavy atom. The van der Waals surface area contributed by atoms with Gasteiger partial charge in [-0.2, -0.15) is 0 Å². The second kappa shape index (κ2) is 9.25. The normalized spacial score (nSPS) is 12.1. The third-order valence-electron chi connectivity index (χ3n) is 3.78.